The number of hydrogen-bond donors (Lipinski definition) is 2. The molecule has 0 aromatic heterocycles. The number of halogens is 2. The topological polar surface area (TPSA) is 50.4 Å². The molecule has 0 heterocycles. The smallest absolute Gasteiger partial charge is 0.319 e. The summed E-state index contributed by atoms with van der Waals surface area (Å²) in [5, 5.41) is 5.61. The normalized spacial score (nSPS) is 19.9. The summed E-state index contributed by atoms with van der Waals surface area (Å²) in [6.45, 7) is 0. The van der Waals surface area contributed by atoms with E-state index < -0.39 is 0 Å². The van der Waals surface area contributed by atoms with Crippen LogP contribution in [0.1, 0.15) is 25.7 Å². The maximum atomic E-state index is 12.9. The lowest BCUT2D eigenvalue weighted by Crippen LogP contribution is -2.41. The molecule has 0 radical (unpaired) electrons. The number of nitrogens with one attached hydrogen (secondary N) is 2. The molecule has 0 atom stereocenters. The molecule has 132 valence electrons. The van der Waals surface area contributed by atoms with E-state index >= 15 is 0 Å². The van der Waals surface area contributed by atoms with Gasteiger partial charge in [-0.1, -0.05) is 0 Å². The lowest BCUT2D eigenvalue weighted by molar-refractivity contribution is 0.141. The van der Waals surface area contributed by atoms with Crippen molar-refractivity contribution in [2.24, 2.45) is 0 Å². The van der Waals surface area contributed by atoms with E-state index in [0.717, 1.165) is 25.7 Å². The summed E-state index contributed by atoms with van der Waals surface area (Å²) in [5.41, 5.74) is 0.548. The second kappa shape index (κ2) is 7.96. The van der Waals surface area contributed by atoms with Gasteiger partial charge in [0.25, 0.3) is 0 Å². The Bertz CT molecular complexity index is 696. The fraction of sp³-hybridized carbons (Fsp3) is 0.316. The number of amides is 2. The molecule has 6 heteroatoms. The minimum atomic E-state index is -0.342. The molecule has 2 amide bonds. The first-order valence-electron chi connectivity index (χ1n) is 8.34. The molecule has 0 bridgehead atoms. The molecule has 1 fully saturated rings. The standard InChI is InChI=1S/C19H20F2N2O2/c20-13-1-5-15(6-2-13)22-19(24)23-16-7-11-18(12-8-16)25-17-9-3-14(21)4-10-17/h1-6,9-10,16,18H,7-8,11-12H2,(H2,22,23,24)/t16-,18+. The summed E-state index contributed by atoms with van der Waals surface area (Å²) in [4.78, 5) is 12.0. The van der Waals surface area contributed by atoms with Crippen molar-refractivity contribution in [1.29, 1.82) is 0 Å². The highest BCUT2D eigenvalue weighted by molar-refractivity contribution is 5.89. The zero-order valence-corrected chi connectivity index (χ0v) is 13.7. The Balaban J connectivity index is 1.42. The van der Waals surface area contributed by atoms with Gasteiger partial charge in [0.15, 0.2) is 0 Å². The van der Waals surface area contributed by atoms with Gasteiger partial charge in [-0.2, -0.15) is 0 Å². The quantitative estimate of drug-likeness (QED) is 0.858. The third kappa shape index (κ3) is 5.17. The summed E-state index contributed by atoms with van der Waals surface area (Å²) < 4.78 is 31.6. The lowest BCUT2D eigenvalue weighted by Gasteiger charge is -2.29. The van der Waals surface area contributed by atoms with E-state index in [1.165, 1.54) is 36.4 Å². The summed E-state index contributed by atoms with van der Waals surface area (Å²) in [7, 11) is 0. The van der Waals surface area contributed by atoms with Crippen molar-refractivity contribution < 1.29 is 18.3 Å². The Morgan fingerprint density at radius 2 is 1.44 bits per heavy atom. The Hall–Kier alpha value is -2.63. The fourth-order valence-electron chi connectivity index (χ4n) is 2.92. The Morgan fingerprint density at radius 1 is 0.880 bits per heavy atom. The molecule has 2 aromatic rings. The van der Waals surface area contributed by atoms with Crippen LogP contribution in [0.15, 0.2) is 48.5 Å². The average Bonchev–Trinajstić information content (AvgIpc) is 2.61. The zero-order valence-electron chi connectivity index (χ0n) is 13.7. The van der Waals surface area contributed by atoms with Gasteiger partial charge in [0, 0.05) is 11.7 Å². The van der Waals surface area contributed by atoms with E-state index in [9.17, 15) is 13.6 Å². The monoisotopic (exact) mass is 346 g/mol. The molecule has 0 saturated heterocycles. The molecule has 2 aromatic carbocycles. The molecule has 0 unspecified atom stereocenters. The van der Waals surface area contributed by atoms with Crippen molar-refractivity contribution >= 4 is 11.7 Å². The Kier molecular flexibility index (Phi) is 5.48. The number of benzene rings is 2. The molecule has 2 N–H and O–H groups in total. The summed E-state index contributed by atoms with van der Waals surface area (Å²) in [5.74, 6) is 0.0322. The van der Waals surface area contributed by atoms with E-state index in [-0.39, 0.29) is 29.8 Å². The van der Waals surface area contributed by atoms with Crippen LogP contribution in [-0.4, -0.2) is 18.2 Å². The minimum absolute atomic E-state index is 0.0728. The largest absolute Gasteiger partial charge is 0.490 e. The number of urea groups is 1. The zero-order chi connectivity index (χ0) is 17.6. The van der Waals surface area contributed by atoms with Crippen LogP contribution in [-0.2, 0) is 0 Å². The molecule has 25 heavy (non-hydrogen) atoms. The average molecular weight is 346 g/mol. The minimum Gasteiger partial charge on any atom is -0.490 e. The number of hydrogen-bond acceptors (Lipinski definition) is 2. The second-order valence-corrected chi connectivity index (χ2v) is 6.15. The van der Waals surface area contributed by atoms with Crippen LogP contribution in [0.25, 0.3) is 0 Å². The predicted molar refractivity (Wildman–Crippen MR) is 91.6 cm³/mol. The lowest BCUT2D eigenvalue weighted by atomic mass is 9.93. The first-order chi connectivity index (χ1) is 12.1. The molecule has 0 aliphatic heterocycles. The van der Waals surface area contributed by atoms with Crippen molar-refractivity contribution in [2.45, 2.75) is 37.8 Å². The molecular formula is C19H20F2N2O2. The van der Waals surface area contributed by atoms with Crippen LogP contribution in [0.3, 0.4) is 0 Å². The first kappa shape index (κ1) is 17.2. The van der Waals surface area contributed by atoms with Crippen LogP contribution in [0.4, 0.5) is 19.3 Å². The molecule has 1 aliphatic rings. The maximum Gasteiger partial charge on any atom is 0.319 e. The molecule has 0 spiro atoms. The van der Waals surface area contributed by atoms with Crippen molar-refractivity contribution in [3.8, 4) is 5.75 Å². The summed E-state index contributed by atoms with van der Waals surface area (Å²) >= 11 is 0. The van der Waals surface area contributed by atoms with Crippen LogP contribution in [0.2, 0.25) is 0 Å². The summed E-state index contributed by atoms with van der Waals surface area (Å²) in [6.07, 6.45) is 3.33. The molecule has 1 aliphatic carbocycles. The van der Waals surface area contributed by atoms with E-state index in [2.05, 4.69) is 10.6 Å². The van der Waals surface area contributed by atoms with Crippen molar-refractivity contribution in [2.75, 3.05) is 5.32 Å². The Morgan fingerprint density at radius 3 is 2.04 bits per heavy atom. The number of rotatable bonds is 4. The number of ether oxygens (including phenoxy) is 1. The van der Waals surface area contributed by atoms with Crippen LogP contribution in [0, 0.1) is 11.6 Å². The highest BCUT2D eigenvalue weighted by Crippen LogP contribution is 2.24. The van der Waals surface area contributed by atoms with E-state index in [0.29, 0.717) is 11.4 Å². The Labute approximate surface area is 145 Å². The van der Waals surface area contributed by atoms with Crippen LogP contribution < -0.4 is 15.4 Å². The van der Waals surface area contributed by atoms with Gasteiger partial charge >= 0.3 is 6.03 Å². The van der Waals surface area contributed by atoms with E-state index in [1.54, 1.807) is 12.1 Å². The first-order valence-corrected chi connectivity index (χ1v) is 8.34. The van der Waals surface area contributed by atoms with Crippen molar-refractivity contribution in [3.63, 3.8) is 0 Å². The van der Waals surface area contributed by atoms with Gasteiger partial charge in [0.2, 0.25) is 0 Å². The molecule has 4 nitrogen and oxygen atoms in total. The fourth-order valence-corrected chi connectivity index (χ4v) is 2.92. The van der Waals surface area contributed by atoms with E-state index in [1.807, 2.05) is 0 Å². The van der Waals surface area contributed by atoms with Crippen molar-refractivity contribution in [1.82, 2.24) is 5.32 Å². The van der Waals surface area contributed by atoms with Gasteiger partial charge in [-0.15, -0.1) is 0 Å². The van der Waals surface area contributed by atoms with Gasteiger partial charge in [0.05, 0.1) is 6.10 Å². The highest BCUT2D eigenvalue weighted by atomic mass is 19.1. The van der Waals surface area contributed by atoms with Gasteiger partial charge in [-0.05, 0) is 74.2 Å². The number of carbonyl (C=O) groups excluding carboxylic acids is 1. The molecule has 3 rings (SSSR count). The third-order valence-electron chi connectivity index (χ3n) is 4.23. The van der Waals surface area contributed by atoms with E-state index in [4.69, 9.17) is 4.74 Å². The third-order valence-corrected chi connectivity index (χ3v) is 4.23. The number of carbonyl (C=O) groups is 1. The van der Waals surface area contributed by atoms with Crippen molar-refractivity contribution in [3.05, 3.63) is 60.2 Å². The maximum absolute atomic E-state index is 12.9. The predicted octanol–water partition coefficient (Wildman–Crippen LogP) is 4.48. The summed E-state index contributed by atoms with van der Waals surface area (Å²) in [6, 6.07) is 11.4. The van der Waals surface area contributed by atoms with Gasteiger partial charge in [-0.3, -0.25) is 0 Å². The van der Waals surface area contributed by atoms with Gasteiger partial charge in [-0.25, -0.2) is 13.6 Å². The van der Waals surface area contributed by atoms with Gasteiger partial charge in [0.1, 0.15) is 17.4 Å². The van der Waals surface area contributed by atoms with Crippen LogP contribution in [0.5, 0.6) is 5.75 Å². The number of anilines is 1. The highest BCUT2D eigenvalue weighted by Gasteiger charge is 2.23. The van der Waals surface area contributed by atoms with Gasteiger partial charge < -0.3 is 15.4 Å². The molecular weight excluding hydrogens is 326 g/mol. The van der Waals surface area contributed by atoms with Crippen LogP contribution >= 0.6 is 0 Å². The molecule has 1 saturated carbocycles. The second-order valence-electron chi connectivity index (χ2n) is 6.15. The SMILES string of the molecule is O=C(Nc1ccc(F)cc1)N[C@H]1CC[C@@H](Oc2ccc(F)cc2)CC1.